The molecular weight excluding hydrogens is 214 g/mol. The molecule has 2 saturated carbocycles. The van der Waals surface area contributed by atoms with E-state index in [9.17, 15) is 9.90 Å². The van der Waals surface area contributed by atoms with Crippen LogP contribution in [-0.4, -0.2) is 23.2 Å². The number of nitrogens with one attached hydrogen (secondary N) is 1. The largest absolute Gasteiger partial charge is 0.394 e. The van der Waals surface area contributed by atoms with Crippen molar-refractivity contribution >= 4 is 5.91 Å². The number of fused-ring (bicyclic) bond motifs is 1. The van der Waals surface area contributed by atoms with Gasteiger partial charge in [0.05, 0.1) is 12.1 Å². The molecule has 2 rings (SSSR count). The lowest BCUT2D eigenvalue weighted by Gasteiger charge is -2.31. The highest BCUT2D eigenvalue weighted by atomic mass is 16.3. The average molecular weight is 239 g/mol. The van der Waals surface area contributed by atoms with E-state index in [1.54, 1.807) is 0 Å². The number of aliphatic hydroxyl groups is 1. The molecule has 0 bridgehead atoms. The van der Waals surface area contributed by atoms with Crippen molar-refractivity contribution in [2.24, 2.45) is 17.8 Å². The van der Waals surface area contributed by atoms with Crippen LogP contribution in [0.3, 0.4) is 0 Å². The molecule has 0 aromatic rings. The fraction of sp³-hybridized carbons (Fsp3) is 0.929. The molecule has 0 spiro atoms. The van der Waals surface area contributed by atoms with Gasteiger partial charge < -0.3 is 10.4 Å². The van der Waals surface area contributed by atoms with E-state index in [4.69, 9.17) is 0 Å². The number of rotatable bonds is 5. The quantitative estimate of drug-likeness (QED) is 0.772. The van der Waals surface area contributed by atoms with Crippen molar-refractivity contribution < 1.29 is 9.90 Å². The molecule has 1 amide bonds. The van der Waals surface area contributed by atoms with Gasteiger partial charge in [-0.2, -0.15) is 0 Å². The van der Waals surface area contributed by atoms with Crippen LogP contribution >= 0.6 is 0 Å². The van der Waals surface area contributed by atoms with E-state index in [0.29, 0.717) is 11.8 Å². The monoisotopic (exact) mass is 239 g/mol. The summed E-state index contributed by atoms with van der Waals surface area (Å²) in [7, 11) is 0. The molecule has 2 fully saturated rings. The maximum absolute atomic E-state index is 12.2. The van der Waals surface area contributed by atoms with E-state index in [-0.39, 0.29) is 24.0 Å². The third-order valence-corrected chi connectivity index (χ3v) is 5.00. The van der Waals surface area contributed by atoms with Crippen LogP contribution in [0.15, 0.2) is 0 Å². The van der Waals surface area contributed by atoms with E-state index in [1.165, 1.54) is 25.7 Å². The molecule has 3 heteroatoms. The van der Waals surface area contributed by atoms with Crippen molar-refractivity contribution in [1.29, 1.82) is 0 Å². The third-order valence-electron chi connectivity index (χ3n) is 5.00. The highest BCUT2D eigenvalue weighted by molar-refractivity contribution is 5.83. The predicted molar refractivity (Wildman–Crippen MR) is 67.5 cm³/mol. The summed E-state index contributed by atoms with van der Waals surface area (Å²) in [5, 5.41) is 12.6. The molecule has 0 saturated heterocycles. The Morgan fingerprint density at radius 2 is 1.76 bits per heavy atom. The second-order valence-corrected chi connectivity index (χ2v) is 5.77. The lowest BCUT2D eigenvalue weighted by molar-refractivity contribution is -0.125. The fourth-order valence-electron chi connectivity index (χ4n) is 3.42. The van der Waals surface area contributed by atoms with Crippen molar-refractivity contribution in [3.8, 4) is 0 Å². The second kappa shape index (κ2) is 4.97. The van der Waals surface area contributed by atoms with Crippen molar-refractivity contribution in [1.82, 2.24) is 5.32 Å². The Balaban J connectivity index is 1.93. The molecule has 17 heavy (non-hydrogen) atoms. The van der Waals surface area contributed by atoms with Gasteiger partial charge in [0.15, 0.2) is 0 Å². The van der Waals surface area contributed by atoms with Crippen LogP contribution in [-0.2, 0) is 4.79 Å². The molecule has 2 atom stereocenters. The molecule has 0 radical (unpaired) electrons. The minimum atomic E-state index is -0.386. The molecule has 2 aliphatic carbocycles. The van der Waals surface area contributed by atoms with E-state index in [1.807, 2.05) is 13.8 Å². The van der Waals surface area contributed by atoms with Crippen LogP contribution < -0.4 is 5.32 Å². The molecule has 0 heterocycles. The van der Waals surface area contributed by atoms with Crippen LogP contribution in [0.25, 0.3) is 0 Å². The number of hydrogen-bond donors (Lipinski definition) is 2. The highest BCUT2D eigenvalue weighted by Gasteiger charge is 2.55. The van der Waals surface area contributed by atoms with Crippen LogP contribution in [0.5, 0.6) is 0 Å². The molecule has 0 aromatic heterocycles. The minimum Gasteiger partial charge on any atom is -0.394 e. The van der Waals surface area contributed by atoms with Gasteiger partial charge in [-0.3, -0.25) is 4.79 Å². The van der Waals surface area contributed by atoms with Gasteiger partial charge in [-0.15, -0.1) is 0 Å². The Morgan fingerprint density at radius 1 is 1.24 bits per heavy atom. The molecule has 3 nitrogen and oxygen atoms in total. The third kappa shape index (κ3) is 2.35. The summed E-state index contributed by atoms with van der Waals surface area (Å²) in [6, 6.07) is 0. The van der Waals surface area contributed by atoms with Gasteiger partial charge in [-0.05, 0) is 37.5 Å². The summed E-state index contributed by atoms with van der Waals surface area (Å²) < 4.78 is 0. The molecule has 0 aliphatic heterocycles. The molecule has 2 N–H and O–H groups in total. The summed E-state index contributed by atoms with van der Waals surface area (Å²) in [6.45, 7) is 4.10. The number of amides is 1. The summed E-state index contributed by atoms with van der Waals surface area (Å²) in [6.07, 6.45) is 6.64. The molecular formula is C14H25NO2. The first-order valence-corrected chi connectivity index (χ1v) is 7.10. The van der Waals surface area contributed by atoms with Crippen LogP contribution in [0.2, 0.25) is 0 Å². The lowest BCUT2D eigenvalue weighted by Crippen LogP contribution is -2.51. The van der Waals surface area contributed by atoms with Crippen molar-refractivity contribution in [3.05, 3.63) is 0 Å². The number of carbonyl (C=O) groups excluding carboxylic acids is 1. The molecule has 98 valence electrons. The summed E-state index contributed by atoms with van der Waals surface area (Å²) >= 11 is 0. The summed E-state index contributed by atoms with van der Waals surface area (Å²) in [5.74, 6) is 1.74. The number of carbonyl (C=O) groups is 1. The van der Waals surface area contributed by atoms with E-state index in [0.717, 1.165) is 12.8 Å². The highest BCUT2D eigenvalue weighted by Crippen LogP contribution is 2.55. The first-order valence-electron chi connectivity index (χ1n) is 7.10. The van der Waals surface area contributed by atoms with E-state index >= 15 is 0 Å². The smallest absolute Gasteiger partial charge is 0.224 e. The minimum absolute atomic E-state index is 0.0494. The lowest BCUT2D eigenvalue weighted by atomic mass is 9.93. The van der Waals surface area contributed by atoms with Gasteiger partial charge in [0.1, 0.15) is 0 Å². The Kier molecular flexibility index (Phi) is 3.76. The Bertz CT molecular complexity index is 266. The van der Waals surface area contributed by atoms with Gasteiger partial charge in [0.25, 0.3) is 0 Å². The van der Waals surface area contributed by atoms with Crippen molar-refractivity contribution in [3.63, 3.8) is 0 Å². The van der Waals surface area contributed by atoms with E-state index in [2.05, 4.69) is 5.32 Å². The van der Waals surface area contributed by atoms with Gasteiger partial charge >= 0.3 is 0 Å². The molecule has 0 aromatic carbocycles. The van der Waals surface area contributed by atoms with Crippen molar-refractivity contribution in [2.75, 3.05) is 6.61 Å². The van der Waals surface area contributed by atoms with Gasteiger partial charge in [0.2, 0.25) is 5.91 Å². The average Bonchev–Trinajstić information content (AvgIpc) is 3.10. The zero-order chi connectivity index (χ0) is 12.5. The fourth-order valence-corrected chi connectivity index (χ4v) is 3.42. The first kappa shape index (κ1) is 12.9. The van der Waals surface area contributed by atoms with Crippen LogP contribution in [0.1, 0.15) is 52.4 Å². The van der Waals surface area contributed by atoms with Gasteiger partial charge in [-0.25, -0.2) is 0 Å². The zero-order valence-electron chi connectivity index (χ0n) is 11.0. The number of hydrogen-bond acceptors (Lipinski definition) is 2. The van der Waals surface area contributed by atoms with Gasteiger partial charge in [0, 0.05) is 5.92 Å². The maximum Gasteiger partial charge on any atom is 0.224 e. The zero-order valence-corrected chi connectivity index (χ0v) is 11.0. The van der Waals surface area contributed by atoms with Crippen molar-refractivity contribution in [2.45, 2.75) is 57.9 Å². The normalized spacial score (nSPS) is 31.8. The Hall–Kier alpha value is -0.570. The summed E-state index contributed by atoms with van der Waals surface area (Å²) in [4.78, 5) is 12.2. The topological polar surface area (TPSA) is 49.3 Å². The predicted octanol–water partition coefficient (Wildman–Crippen LogP) is 2.09. The van der Waals surface area contributed by atoms with Crippen LogP contribution in [0, 0.1) is 17.8 Å². The second-order valence-electron chi connectivity index (χ2n) is 5.77. The SMILES string of the molecule is CCC(CC)(CO)NC(=O)C1C2CCCCC21. The molecule has 2 aliphatic rings. The first-order chi connectivity index (χ1) is 8.17. The summed E-state index contributed by atoms with van der Waals surface area (Å²) in [5.41, 5.74) is -0.386. The Labute approximate surface area is 104 Å². The Morgan fingerprint density at radius 3 is 2.18 bits per heavy atom. The standard InChI is InChI=1S/C14H25NO2/c1-3-14(4-2,9-16)15-13(17)12-10-7-5-6-8-11(10)12/h10-12,16H,3-9H2,1-2H3,(H,15,17). The van der Waals surface area contributed by atoms with Gasteiger partial charge in [-0.1, -0.05) is 26.7 Å². The number of aliphatic hydroxyl groups excluding tert-OH is 1. The maximum atomic E-state index is 12.2. The molecule has 2 unspecified atom stereocenters. The van der Waals surface area contributed by atoms with E-state index < -0.39 is 0 Å². The van der Waals surface area contributed by atoms with Crippen LogP contribution in [0.4, 0.5) is 0 Å².